The van der Waals surface area contributed by atoms with Gasteiger partial charge >= 0.3 is 5.97 Å². The molecule has 3 nitrogen and oxygen atoms in total. The first-order valence-corrected chi connectivity index (χ1v) is 6.56. The smallest absolute Gasteiger partial charge is 0.335 e. The molecule has 0 heterocycles. The van der Waals surface area contributed by atoms with Gasteiger partial charge in [-0.1, -0.05) is 13.8 Å². The number of nitrogens with one attached hydrogen (secondary N) is 1. The van der Waals surface area contributed by atoms with Gasteiger partial charge in [-0.25, -0.2) is 4.79 Å². The Kier molecular flexibility index (Phi) is 5.48. The van der Waals surface area contributed by atoms with Crippen LogP contribution >= 0.6 is 15.9 Å². The Bertz CT molecular complexity index is 391. The molecule has 4 heteroatoms. The van der Waals surface area contributed by atoms with Gasteiger partial charge in [0, 0.05) is 16.7 Å². The van der Waals surface area contributed by atoms with Crippen molar-refractivity contribution in [3.63, 3.8) is 0 Å². The van der Waals surface area contributed by atoms with Crippen molar-refractivity contribution < 1.29 is 9.90 Å². The van der Waals surface area contributed by atoms with E-state index in [4.69, 9.17) is 5.11 Å². The zero-order valence-corrected chi connectivity index (χ0v) is 11.8. The van der Waals surface area contributed by atoms with Gasteiger partial charge in [0.1, 0.15) is 0 Å². The lowest BCUT2D eigenvalue weighted by Crippen LogP contribution is -2.04. The molecule has 0 aliphatic rings. The molecule has 17 heavy (non-hydrogen) atoms. The van der Waals surface area contributed by atoms with Crippen molar-refractivity contribution in [1.29, 1.82) is 0 Å². The molecule has 0 saturated carbocycles. The molecule has 0 aliphatic carbocycles. The molecule has 0 bridgehead atoms. The van der Waals surface area contributed by atoms with E-state index in [0.717, 1.165) is 29.0 Å². The first-order valence-electron chi connectivity index (χ1n) is 5.77. The maximum atomic E-state index is 10.8. The Morgan fingerprint density at radius 3 is 2.71 bits per heavy atom. The SMILES string of the molecule is CC(C)CCCNc1ccc(C(=O)O)cc1Br. The second-order valence-corrected chi connectivity index (χ2v) is 5.32. The number of carbonyl (C=O) groups is 1. The van der Waals surface area contributed by atoms with Crippen LogP contribution in [-0.2, 0) is 0 Å². The monoisotopic (exact) mass is 299 g/mol. The Labute approximate surface area is 110 Å². The summed E-state index contributed by atoms with van der Waals surface area (Å²) in [4.78, 5) is 10.8. The number of halogens is 1. The minimum Gasteiger partial charge on any atom is -0.478 e. The second kappa shape index (κ2) is 6.64. The van der Waals surface area contributed by atoms with Crippen LogP contribution < -0.4 is 5.32 Å². The molecule has 0 radical (unpaired) electrons. The van der Waals surface area contributed by atoms with Gasteiger partial charge in [0.25, 0.3) is 0 Å². The second-order valence-electron chi connectivity index (χ2n) is 4.46. The third kappa shape index (κ3) is 4.77. The summed E-state index contributed by atoms with van der Waals surface area (Å²) < 4.78 is 0.793. The van der Waals surface area contributed by atoms with Crippen LogP contribution in [0.3, 0.4) is 0 Å². The van der Waals surface area contributed by atoms with E-state index in [0.29, 0.717) is 5.56 Å². The van der Waals surface area contributed by atoms with Crippen LogP contribution in [0.25, 0.3) is 0 Å². The third-order valence-electron chi connectivity index (χ3n) is 2.49. The largest absolute Gasteiger partial charge is 0.478 e. The molecular formula is C13H18BrNO2. The summed E-state index contributed by atoms with van der Waals surface area (Å²) in [5, 5.41) is 12.1. The van der Waals surface area contributed by atoms with E-state index in [1.54, 1.807) is 18.2 Å². The normalized spacial score (nSPS) is 10.6. The molecular weight excluding hydrogens is 282 g/mol. The molecule has 0 atom stereocenters. The molecule has 0 spiro atoms. The van der Waals surface area contributed by atoms with Crippen molar-refractivity contribution in [3.8, 4) is 0 Å². The van der Waals surface area contributed by atoms with E-state index < -0.39 is 5.97 Å². The van der Waals surface area contributed by atoms with Gasteiger partial charge in [-0.15, -0.1) is 0 Å². The van der Waals surface area contributed by atoms with Crippen LogP contribution in [0.2, 0.25) is 0 Å². The van der Waals surface area contributed by atoms with Crippen LogP contribution in [0.1, 0.15) is 37.0 Å². The van der Waals surface area contributed by atoms with Crippen molar-refractivity contribution >= 4 is 27.6 Å². The topological polar surface area (TPSA) is 49.3 Å². The Balaban J connectivity index is 2.52. The maximum Gasteiger partial charge on any atom is 0.335 e. The zero-order chi connectivity index (χ0) is 12.8. The summed E-state index contributed by atoms with van der Waals surface area (Å²) >= 11 is 3.37. The van der Waals surface area contributed by atoms with Gasteiger partial charge in [0.05, 0.1) is 5.56 Å². The first-order chi connectivity index (χ1) is 8.00. The van der Waals surface area contributed by atoms with E-state index in [1.165, 1.54) is 6.42 Å². The fourth-order valence-corrected chi connectivity index (χ4v) is 2.04. The van der Waals surface area contributed by atoms with Crippen molar-refractivity contribution in [3.05, 3.63) is 28.2 Å². The molecule has 0 aliphatic heterocycles. The highest BCUT2D eigenvalue weighted by atomic mass is 79.9. The third-order valence-corrected chi connectivity index (χ3v) is 3.15. The summed E-state index contributed by atoms with van der Waals surface area (Å²) in [6.45, 7) is 5.32. The van der Waals surface area contributed by atoms with Crippen LogP contribution in [0.15, 0.2) is 22.7 Å². The summed E-state index contributed by atoms with van der Waals surface area (Å²) in [6, 6.07) is 5.02. The minimum absolute atomic E-state index is 0.296. The number of carboxylic acids is 1. The number of aromatic carboxylic acids is 1. The van der Waals surface area contributed by atoms with Gasteiger partial charge in [-0.2, -0.15) is 0 Å². The molecule has 0 saturated heterocycles. The molecule has 0 amide bonds. The number of rotatable bonds is 6. The van der Waals surface area contributed by atoms with E-state index in [1.807, 2.05) is 0 Å². The van der Waals surface area contributed by atoms with Gasteiger partial charge in [-0.05, 0) is 52.9 Å². The fraction of sp³-hybridized carbons (Fsp3) is 0.462. The summed E-state index contributed by atoms with van der Waals surface area (Å²) in [5.74, 6) is -0.188. The van der Waals surface area contributed by atoms with Crippen molar-refractivity contribution in [2.75, 3.05) is 11.9 Å². The van der Waals surface area contributed by atoms with Gasteiger partial charge in [-0.3, -0.25) is 0 Å². The summed E-state index contributed by atoms with van der Waals surface area (Å²) in [7, 11) is 0. The van der Waals surface area contributed by atoms with Gasteiger partial charge in [0.2, 0.25) is 0 Å². The predicted octanol–water partition coefficient (Wildman–Crippen LogP) is 4.00. The summed E-state index contributed by atoms with van der Waals surface area (Å²) in [6.07, 6.45) is 2.31. The lowest BCUT2D eigenvalue weighted by atomic mass is 10.1. The molecule has 1 rings (SSSR count). The van der Waals surface area contributed by atoms with Gasteiger partial charge in [0.15, 0.2) is 0 Å². The molecule has 0 unspecified atom stereocenters. The Morgan fingerprint density at radius 2 is 2.18 bits per heavy atom. The minimum atomic E-state index is -0.906. The number of anilines is 1. The summed E-state index contributed by atoms with van der Waals surface area (Å²) in [5.41, 5.74) is 1.24. The van der Waals surface area contributed by atoms with Crippen molar-refractivity contribution in [1.82, 2.24) is 0 Å². The van der Waals surface area contributed by atoms with Crippen molar-refractivity contribution in [2.45, 2.75) is 26.7 Å². The molecule has 0 aromatic heterocycles. The standard InChI is InChI=1S/C13H18BrNO2/c1-9(2)4-3-7-15-12-6-5-10(13(16)17)8-11(12)14/h5-6,8-9,15H,3-4,7H2,1-2H3,(H,16,17). The number of benzene rings is 1. The fourth-order valence-electron chi connectivity index (χ4n) is 1.52. The average molecular weight is 300 g/mol. The highest BCUT2D eigenvalue weighted by molar-refractivity contribution is 9.10. The zero-order valence-electron chi connectivity index (χ0n) is 10.2. The molecule has 1 aromatic rings. The average Bonchev–Trinajstić information content (AvgIpc) is 2.25. The predicted molar refractivity (Wildman–Crippen MR) is 73.7 cm³/mol. The maximum absolute atomic E-state index is 10.8. The highest BCUT2D eigenvalue weighted by Gasteiger charge is 2.06. The number of hydrogen-bond acceptors (Lipinski definition) is 2. The van der Waals surface area contributed by atoms with E-state index >= 15 is 0 Å². The number of hydrogen-bond donors (Lipinski definition) is 2. The Morgan fingerprint density at radius 1 is 1.47 bits per heavy atom. The van der Waals surface area contributed by atoms with Crippen LogP contribution in [-0.4, -0.2) is 17.6 Å². The van der Waals surface area contributed by atoms with E-state index in [9.17, 15) is 4.79 Å². The van der Waals surface area contributed by atoms with Gasteiger partial charge < -0.3 is 10.4 Å². The van der Waals surface area contributed by atoms with Crippen LogP contribution in [0.5, 0.6) is 0 Å². The van der Waals surface area contributed by atoms with Crippen LogP contribution in [0.4, 0.5) is 5.69 Å². The molecule has 0 fully saturated rings. The molecule has 94 valence electrons. The van der Waals surface area contributed by atoms with Crippen molar-refractivity contribution in [2.24, 2.45) is 5.92 Å². The number of carboxylic acid groups (broad SMARTS) is 1. The lowest BCUT2D eigenvalue weighted by molar-refractivity contribution is 0.0697. The van der Waals surface area contributed by atoms with E-state index in [-0.39, 0.29) is 0 Å². The molecule has 1 aromatic carbocycles. The Hall–Kier alpha value is -1.03. The van der Waals surface area contributed by atoms with E-state index in [2.05, 4.69) is 35.1 Å². The molecule has 2 N–H and O–H groups in total. The first kappa shape index (κ1) is 14.0. The lowest BCUT2D eigenvalue weighted by Gasteiger charge is -2.10. The highest BCUT2D eigenvalue weighted by Crippen LogP contribution is 2.23. The quantitative estimate of drug-likeness (QED) is 0.781. The van der Waals surface area contributed by atoms with Crippen LogP contribution in [0, 0.1) is 5.92 Å².